The van der Waals surface area contributed by atoms with E-state index in [1.54, 1.807) is 32.0 Å². The molecule has 0 bridgehead atoms. The molecule has 3 rings (SSSR count). The first-order valence-electron chi connectivity index (χ1n) is 7.71. The van der Waals surface area contributed by atoms with Crippen molar-refractivity contribution in [3.63, 3.8) is 0 Å². The monoisotopic (exact) mass is 378 g/mol. The summed E-state index contributed by atoms with van der Waals surface area (Å²) in [7, 11) is 0. The summed E-state index contributed by atoms with van der Waals surface area (Å²) >= 11 is 11.9. The first-order chi connectivity index (χ1) is 11.9. The topological polar surface area (TPSA) is 64.4 Å². The Hall–Kier alpha value is -2.24. The average molecular weight is 379 g/mol. The van der Waals surface area contributed by atoms with E-state index in [-0.39, 0.29) is 5.91 Å². The molecule has 2 unspecified atom stereocenters. The molecule has 0 saturated carbocycles. The van der Waals surface area contributed by atoms with Gasteiger partial charge in [0.15, 0.2) is 11.7 Å². The van der Waals surface area contributed by atoms with Crippen LogP contribution in [0.15, 0.2) is 46.9 Å². The third-order valence-corrected chi connectivity index (χ3v) is 4.14. The van der Waals surface area contributed by atoms with E-state index in [1.165, 1.54) is 0 Å². The predicted molar refractivity (Wildman–Crippen MR) is 97.1 cm³/mol. The smallest absolute Gasteiger partial charge is 0.261 e. The SMILES string of the molecule is CC(Oc1ccc(Cl)cc1Cl)C(=O)NC(C)c1nc2ccccc2o1. The van der Waals surface area contributed by atoms with Crippen LogP contribution >= 0.6 is 23.2 Å². The lowest BCUT2D eigenvalue weighted by atomic mass is 10.3. The number of nitrogens with one attached hydrogen (secondary N) is 1. The molecule has 1 N–H and O–H groups in total. The van der Waals surface area contributed by atoms with E-state index >= 15 is 0 Å². The minimum atomic E-state index is -0.745. The summed E-state index contributed by atoms with van der Waals surface area (Å²) in [6.45, 7) is 3.43. The van der Waals surface area contributed by atoms with Gasteiger partial charge in [0, 0.05) is 5.02 Å². The molecule has 0 spiro atoms. The van der Waals surface area contributed by atoms with Crippen LogP contribution in [0.3, 0.4) is 0 Å². The van der Waals surface area contributed by atoms with E-state index in [1.807, 2.05) is 24.3 Å². The van der Waals surface area contributed by atoms with E-state index in [0.717, 1.165) is 5.52 Å². The quantitative estimate of drug-likeness (QED) is 0.693. The van der Waals surface area contributed by atoms with Crippen molar-refractivity contribution in [3.8, 4) is 5.75 Å². The fourth-order valence-electron chi connectivity index (χ4n) is 2.28. The van der Waals surface area contributed by atoms with Crippen LogP contribution in [0.4, 0.5) is 0 Å². The number of carbonyl (C=O) groups is 1. The summed E-state index contributed by atoms with van der Waals surface area (Å²) in [5.74, 6) is 0.523. The third kappa shape index (κ3) is 4.06. The number of amides is 1. The second kappa shape index (κ2) is 7.33. The fraction of sp³-hybridized carbons (Fsp3) is 0.222. The Morgan fingerprint density at radius 3 is 2.68 bits per heavy atom. The third-order valence-electron chi connectivity index (χ3n) is 3.61. The number of hydrogen-bond donors (Lipinski definition) is 1. The molecule has 0 saturated heterocycles. The van der Waals surface area contributed by atoms with Crippen molar-refractivity contribution in [3.05, 3.63) is 58.4 Å². The molecule has 0 aliphatic rings. The first-order valence-corrected chi connectivity index (χ1v) is 8.47. The maximum absolute atomic E-state index is 12.3. The summed E-state index contributed by atoms with van der Waals surface area (Å²) in [6, 6.07) is 11.9. The van der Waals surface area contributed by atoms with Crippen LogP contribution in [0.5, 0.6) is 5.75 Å². The number of oxazole rings is 1. The maximum Gasteiger partial charge on any atom is 0.261 e. The van der Waals surface area contributed by atoms with Crippen LogP contribution in [-0.2, 0) is 4.79 Å². The Morgan fingerprint density at radius 2 is 1.96 bits per heavy atom. The number of benzene rings is 2. The number of fused-ring (bicyclic) bond motifs is 1. The largest absolute Gasteiger partial charge is 0.479 e. The minimum absolute atomic E-state index is 0.305. The minimum Gasteiger partial charge on any atom is -0.479 e. The fourth-order valence-corrected chi connectivity index (χ4v) is 2.74. The van der Waals surface area contributed by atoms with Crippen molar-refractivity contribution in [2.24, 2.45) is 0 Å². The van der Waals surface area contributed by atoms with E-state index in [9.17, 15) is 4.79 Å². The lowest BCUT2D eigenvalue weighted by molar-refractivity contribution is -0.128. The molecular formula is C18H16Cl2N2O3. The Kier molecular flexibility index (Phi) is 5.16. The van der Waals surface area contributed by atoms with Crippen molar-refractivity contribution >= 4 is 40.2 Å². The summed E-state index contributed by atoms with van der Waals surface area (Å²) in [4.78, 5) is 16.7. The Labute approximate surface area is 154 Å². The first kappa shape index (κ1) is 17.6. The number of aromatic nitrogens is 1. The number of hydrogen-bond acceptors (Lipinski definition) is 4. The summed E-state index contributed by atoms with van der Waals surface area (Å²) in [6.07, 6.45) is -0.745. The molecule has 1 aromatic heterocycles. The van der Waals surface area contributed by atoms with Crippen LogP contribution < -0.4 is 10.1 Å². The van der Waals surface area contributed by atoms with Gasteiger partial charge in [0.25, 0.3) is 5.91 Å². The molecule has 2 atom stereocenters. The Bertz CT molecular complexity index is 877. The molecule has 2 aromatic carbocycles. The Morgan fingerprint density at radius 1 is 1.20 bits per heavy atom. The number of nitrogens with zero attached hydrogens (tertiary/aromatic N) is 1. The standard InChI is InChI=1S/C18H16Cl2N2O3/c1-10(18-22-14-5-3-4-6-16(14)25-18)21-17(23)11(2)24-15-8-7-12(19)9-13(15)20/h3-11H,1-2H3,(H,21,23). The molecular weight excluding hydrogens is 363 g/mol. The predicted octanol–water partition coefficient (Wildman–Crippen LogP) is 4.78. The van der Waals surface area contributed by atoms with Crippen molar-refractivity contribution in [1.82, 2.24) is 10.3 Å². The molecule has 1 amide bonds. The van der Waals surface area contributed by atoms with Gasteiger partial charge in [-0.05, 0) is 44.2 Å². The molecule has 1 heterocycles. The second-order valence-electron chi connectivity index (χ2n) is 5.58. The van der Waals surface area contributed by atoms with Crippen LogP contribution in [0.25, 0.3) is 11.1 Å². The van der Waals surface area contributed by atoms with Crippen LogP contribution in [-0.4, -0.2) is 17.0 Å². The molecule has 5 nitrogen and oxygen atoms in total. The van der Waals surface area contributed by atoms with E-state index in [0.29, 0.717) is 27.3 Å². The summed E-state index contributed by atoms with van der Waals surface area (Å²) in [5, 5.41) is 3.66. The highest BCUT2D eigenvalue weighted by Crippen LogP contribution is 2.28. The van der Waals surface area contributed by atoms with Crippen molar-refractivity contribution < 1.29 is 13.9 Å². The van der Waals surface area contributed by atoms with Gasteiger partial charge in [0.05, 0.1) is 5.02 Å². The van der Waals surface area contributed by atoms with Gasteiger partial charge in [-0.3, -0.25) is 4.79 Å². The zero-order chi connectivity index (χ0) is 18.0. The van der Waals surface area contributed by atoms with Crippen LogP contribution in [0.2, 0.25) is 10.0 Å². The molecule has 3 aromatic rings. The van der Waals surface area contributed by atoms with Gasteiger partial charge in [-0.15, -0.1) is 0 Å². The highest BCUT2D eigenvalue weighted by atomic mass is 35.5. The van der Waals surface area contributed by atoms with E-state index < -0.39 is 12.1 Å². The number of rotatable bonds is 5. The second-order valence-corrected chi connectivity index (χ2v) is 6.43. The summed E-state index contributed by atoms with van der Waals surface area (Å²) in [5.41, 5.74) is 1.42. The van der Waals surface area contributed by atoms with E-state index in [4.69, 9.17) is 32.4 Å². The number of halogens is 2. The number of carbonyl (C=O) groups excluding carboxylic acids is 1. The van der Waals surface area contributed by atoms with Gasteiger partial charge < -0.3 is 14.5 Å². The molecule has 130 valence electrons. The zero-order valence-electron chi connectivity index (χ0n) is 13.6. The van der Waals surface area contributed by atoms with Gasteiger partial charge in [0.1, 0.15) is 17.3 Å². The molecule has 0 fully saturated rings. The lowest BCUT2D eigenvalue weighted by Crippen LogP contribution is -2.37. The molecule has 7 heteroatoms. The maximum atomic E-state index is 12.3. The highest BCUT2D eigenvalue weighted by molar-refractivity contribution is 6.35. The number of ether oxygens (including phenoxy) is 1. The molecule has 0 radical (unpaired) electrons. The van der Waals surface area contributed by atoms with Crippen LogP contribution in [0.1, 0.15) is 25.8 Å². The van der Waals surface area contributed by atoms with Gasteiger partial charge in [-0.2, -0.15) is 0 Å². The molecule has 0 aliphatic carbocycles. The Balaban J connectivity index is 1.66. The average Bonchev–Trinajstić information content (AvgIpc) is 3.01. The van der Waals surface area contributed by atoms with Gasteiger partial charge in [0.2, 0.25) is 5.89 Å². The van der Waals surface area contributed by atoms with Gasteiger partial charge >= 0.3 is 0 Å². The van der Waals surface area contributed by atoms with Crippen molar-refractivity contribution in [2.75, 3.05) is 0 Å². The molecule has 25 heavy (non-hydrogen) atoms. The van der Waals surface area contributed by atoms with Crippen molar-refractivity contribution in [1.29, 1.82) is 0 Å². The normalized spacial score (nSPS) is 13.4. The zero-order valence-corrected chi connectivity index (χ0v) is 15.1. The van der Waals surface area contributed by atoms with E-state index in [2.05, 4.69) is 10.3 Å². The van der Waals surface area contributed by atoms with Crippen LogP contribution in [0, 0.1) is 0 Å². The van der Waals surface area contributed by atoms with Gasteiger partial charge in [-0.25, -0.2) is 4.98 Å². The molecule has 0 aliphatic heterocycles. The van der Waals surface area contributed by atoms with Gasteiger partial charge in [-0.1, -0.05) is 35.3 Å². The lowest BCUT2D eigenvalue weighted by Gasteiger charge is -2.17. The number of para-hydroxylation sites is 2. The highest BCUT2D eigenvalue weighted by Gasteiger charge is 2.21. The summed E-state index contributed by atoms with van der Waals surface area (Å²) < 4.78 is 11.3. The van der Waals surface area contributed by atoms with Crippen molar-refractivity contribution in [2.45, 2.75) is 26.0 Å².